The Labute approximate surface area is 239 Å². The van der Waals surface area contributed by atoms with Gasteiger partial charge in [0, 0.05) is 11.6 Å². The van der Waals surface area contributed by atoms with Gasteiger partial charge < -0.3 is 19.5 Å². The summed E-state index contributed by atoms with van der Waals surface area (Å²) >= 11 is 8.38. The van der Waals surface area contributed by atoms with E-state index in [9.17, 15) is 14.4 Å². The molecule has 0 aliphatic rings. The Morgan fingerprint density at radius 2 is 1.79 bits per heavy atom. The Bertz CT molecular complexity index is 1390. The van der Waals surface area contributed by atoms with Gasteiger partial charge in [0.2, 0.25) is 5.91 Å². The van der Waals surface area contributed by atoms with Crippen molar-refractivity contribution in [3.63, 3.8) is 0 Å². The van der Waals surface area contributed by atoms with E-state index in [0.29, 0.717) is 33.9 Å². The fraction of sp³-hybridized carbons (Fsp3) is 0.346. The summed E-state index contributed by atoms with van der Waals surface area (Å²) in [7, 11) is 2.47. The summed E-state index contributed by atoms with van der Waals surface area (Å²) in [5, 5.41) is 12.6. The Balaban J connectivity index is 1.76. The van der Waals surface area contributed by atoms with E-state index >= 15 is 0 Å². The summed E-state index contributed by atoms with van der Waals surface area (Å²) in [5.41, 5.74) is 2.29. The van der Waals surface area contributed by atoms with Crippen molar-refractivity contribution in [1.29, 1.82) is 0 Å². The number of aromatic nitrogens is 3. The Hall–Kier alpha value is -3.35. The molecule has 0 radical (unpaired) electrons. The second-order valence-corrected chi connectivity index (χ2v) is 10.8. The highest BCUT2D eigenvalue weighted by atomic mass is 35.5. The van der Waals surface area contributed by atoms with Crippen molar-refractivity contribution in [1.82, 2.24) is 14.8 Å². The normalized spacial score (nSPS) is 11.6. The van der Waals surface area contributed by atoms with E-state index in [1.807, 2.05) is 37.5 Å². The molecule has 10 nitrogen and oxygen atoms in total. The van der Waals surface area contributed by atoms with Gasteiger partial charge in [-0.1, -0.05) is 29.4 Å². The van der Waals surface area contributed by atoms with E-state index in [4.69, 9.17) is 25.8 Å². The molecule has 2 heterocycles. The van der Waals surface area contributed by atoms with Gasteiger partial charge in [-0.25, -0.2) is 9.59 Å². The second-order valence-electron chi connectivity index (χ2n) is 8.45. The number of allylic oxidation sites excluding steroid dienone is 1. The van der Waals surface area contributed by atoms with Gasteiger partial charge in [-0.15, -0.1) is 28.1 Å². The Morgan fingerprint density at radius 3 is 2.38 bits per heavy atom. The molecule has 1 N–H and O–H groups in total. The van der Waals surface area contributed by atoms with Crippen LogP contribution in [-0.2, 0) is 20.8 Å². The van der Waals surface area contributed by atoms with Crippen LogP contribution in [0.2, 0.25) is 5.02 Å². The molecule has 13 heteroatoms. The highest BCUT2D eigenvalue weighted by Crippen LogP contribution is 2.35. The van der Waals surface area contributed by atoms with Gasteiger partial charge in [-0.05, 0) is 56.5 Å². The number of nitrogens with zero attached hydrogens (tertiary/aromatic N) is 3. The average Bonchev–Trinajstić information content (AvgIpc) is 3.45. The minimum absolute atomic E-state index is 0.0365. The zero-order valence-electron chi connectivity index (χ0n) is 22.4. The highest BCUT2D eigenvalue weighted by Gasteiger charge is 2.27. The van der Waals surface area contributed by atoms with Crippen molar-refractivity contribution in [3.8, 4) is 5.75 Å². The number of methoxy groups -OCH3 is 2. The number of hydrogen-bond donors (Lipinski definition) is 1. The molecule has 0 saturated heterocycles. The van der Waals surface area contributed by atoms with Crippen molar-refractivity contribution in [2.75, 3.05) is 25.3 Å². The van der Waals surface area contributed by atoms with Crippen LogP contribution < -0.4 is 10.1 Å². The first kappa shape index (κ1) is 30.2. The lowest BCUT2D eigenvalue weighted by Crippen LogP contribution is -2.17. The molecular weight excluding hydrogens is 564 g/mol. The molecule has 1 aromatic carbocycles. The van der Waals surface area contributed by atoms with Crippen LogP contribution in [0.4, 0.5) is 5.00 Å². The van der Waals surface area contributed by atoms with Crippen LogP contribution >= 0.6 is 34.7 Å². The van der Waals surface area contributed by atoms with Crippen LogP contribution in [0.25, 0.3) is 0 Å². The van der Waals surface area contributed by atoms with Crippen molar-refractivity contribution in [2.24, 2.45) is 0 Å². The van der Waals surface area contributed by atoms with Crippen molar-refractivity contribution < 1.29 is 28.6 Å². The van der Waals surface area contributed by atoms with E-state index in [-0.39, 0.29) is 21.2 Å². The van der Waals surface area contributed by atoms with E-state index < -0.39 is 23.9 Å². The molecule has 3 rings (SSSR count). The van der Waals surface area contributed by atoms with Gasteiger partial charge in [0.1, 0.15) is 15.6 Å². The molecule has 3 aromatic rings. The number of anilines is 1. The number of ether oxygens (including phenoxy) is 3. The van der Waals surface area contributed by atoms with E-state index in [0.717, 1.165) is 34.2 Å². The molecule has 0 aliphatic carbocycles. The number of rotatable bonds is 11. The van der Waals surface area contributed by atoms with E-state index in [2.05, 4.69) is 22.1 Å². The number of esters is 2. The summed E-state index contributed by atoms with van der Waals surface area (Å²) in [6, 6.07) is 3.72. The summed E-state index contributed by atoms with van der Waals surface area (Å²) < 4.78 is 17.6. The fourth-order valence-electron chi connectivity index (χ4n) is 3.77. The molecule has 1 amide bonds. The number of halogens is 1. The van der Waals surface area contributed by atoms with Gasteiger partial charge >= 0.3 is 11.9 Å². The minimum atomic E-state index is -0.669. The monoisotopic (exact) mass is 592 g/mol. The number of hydrogen-bond acceptors (Lipinski definition) is 10. The largest absolute Gasteiger partial charge is 0.483 e. The summed E-state index contributed by atoms with van der Waals surface area (Å²) in [6.45, 7) is 11.5. The molecule has 1 unspecified atom stereocenters. The Kier molecular flexibility index (Phi) is 10.2. The van der Waals surface area contributed by atoms with Crippen LogP contribution in [0, 0.1) is 20.8 Å². The van der Waals surface area contributed by atoms with Crippen molar-refractivity contribution >= 4 is 57.5 Å². The molecular formula is C26H29ClN4O6S2. The molecule has 39 heavy (non-hydrogen) atoms. The van der Waals surface area contributed by atoms with Gasteiger partial charge in [0.25, 0.3) is 0 Å². The van der Waals surface area contributed by atoms with Crippen molar-refractivity contribution in [2.45, 2.75) is 45.5 Å². The quantitative estimate of drug-likeness (QED) is 0.173. The SMILES string of the molecule is C=CCn1c(SCC(=O)Nc2sc(C(=O)OC)c(C)c2C(=O)OC)nnc1C(C)Oc1cc(C)c(Cl)c(C)c1. The standard InChI is InChI=1S/C26H29ClN4O6S2/c1-8-9-31-22(16(5)37-17-10-13(2)20(27)14(3)11-17)29-30-26(31)38-12-18(32)28-23-19(24(33)35-6)15(4)21(39-23)25(34)36-7/h8,10-11,16H,1,9,12H2,2-7H3,(H,28,32). The van der Waals surface area contributed by atoms with Crippen LogP contribution in [0.1, 0.15) is 55.6 Å². The predicted molar refractivity (Wildman–Crippen MR) is 151 cm³/mol. The lowest BCUT2D eigenvalue weighted by atomic mass is 10.1. The first-order chi connectivity index (χ1) is 18.5. The number of carbonyl (C=O) groups is 3. The molecule has 2 aromatic heterocycles. The summed E-state index contributed by atoms with van der Waals surface area (Å²) in [5.74, 6) is -0.505. The number of benzene rings is 1. The van der Waals surface area contributed by atoms with Gasteiger partial charge in [0.15, 0.2) is 17.1 Å². The molecule has 0 bridgehead atoms. The van der Waals surface area contributed by atoms with Crippen LogP contribution in [0.3, 0.4) is 0 Å². The third-order valence-electron chi connectivity index (χ3n) is 5.64. The predicted octanol–water partition coefficient (Wildman–Crippen LogP) is 5.55. The number of thiophene rings is 1. The third kappa shape index (κ3) is 6.81. The lowest BCUT2D eigenvalue weighted by molar-refractivity contribution is -0.113. The van der Waals surface area contributed by atoms with E-state index in [1.165, 1.54) is 14.2 Å². The average molecular weight is 593 g/mol. The molecule has 0 saturated carbocycles. The molecule has 0 spiro atoms. The number of amides is 1. The van der Waals surface area contributed by atoms with Gasteiger partial charge in [-0.2, -0.15) is 0 Å². The second kappa shape index (κ2) is 13.1. The number of carbonyl (C=O) groups excluding carboxylic acids is 3. The van der Waals surface area contributed by atoms with Crippen molar-refractivity contribution in [3.05, 3.63) is 62.8 Å². The summed E-state index contributed by atoms with van der Waals surface area (Å²) in [6.07, 6.45) is 1.25. The number of nitrogens with one attached hydrogen (secondary N) is 1. The lowest BCUT2D eigenvalue weighted by Gasteiger charge is -2.17. The zero-order valence-corrected chi connectivity index (χ0v) is 24.8. The fourth-order valence-corrected chi connectivity index (χ4v) is 5.76. The van der Waals surface area contributed by atoms with Crippen LogP contribution in [0.15, 0.2) is 29.9 Å². The smallest absolute Gasteiger partial charge is 0.348 e. The number of thioether (sulfide) groups is 1. The highest BCUT2D eigenvalue weighted by molar-refractivity contribution is 7.99. The van der Waals surface area contributed by atoms with E-state index in [1.54, 1.807) is 13.0 Å². The first-order valence-electron chi connectivity index (χ1n) is 11.7. The first-order valence-corrected chi connectivity index (χ1v) is 13.9. The number of aryl methyl sites for hydroxylation is 2. The van der Waals surface area contributed by atoms with Gasteiger partial charge in [0.05, 0.1) is 25.5 Å². The zero-order chi connectivity index (χ0) is 28.9. The van der Waals surface area contributed by atoms with Gasteiger partial charge in [-0.3, -0.25) is 9.36 Å². The van der Waals surface area contributed by atoms with Crippen LogP contribution in [-0.4, -0.2) is 52.6 Å². The molecule has 0 aliphatic heterocycles. The molecule has 208 valence electrons. The molecule has 1 atom stereocenters. The molecule has 0 fully saturated rings. The topological polar surface area (TPSA) is 122 Å². The van der Waals surface area contributed by atoms with Crippen LogP contribution in [0.5, 0.6) is 5.75 Å². The minimum Gasteiger partial charge on any atom is -0.483 e. The Morgan fingerprint density at radius 1 is 1.15 bits per heavy atom. The maximum absolute atomic E-state index is 12.8. The maximum atomic E-state index is 12.8. The third-order valence-corrected chi connectivity index (χ3v) is 8.39. The summed E-state index contributed by atoms with van der Waals surface area (Å²) in [4.78, 5) is 37.5. The maximum Gasteiger partial charge on any atom is 0.348 e.